The number of nitrogens with one attached hydrogen (secondary N) is 2. The van der Waals surface area contributed by atoms with Gasteiger partial charge in [-0.2, -0.15) is 4.31 Å². The SMILES string of the molecule is Cc1cc(C)c(S(=O)(=O)N2CCC(C(=O)NC3CC(C)(C)NC(C)(C)C3)CC2)c(C)c1. The van der Waals surface area contributed by atoms with E-state index >= 15 is 0 Å². The van der Waals surface area contributed by atoms with Crippen LogP contribution in [-0.4, -0.2) is 48.8 Å². The van der Waals surface area contributed by atoms with Crippen molar-refractivity contribution in [1.29, 1.82) is 0 Å². The Balaban J connectivity index is 1.64. The van der Waals surface area contributed by atoms with Gasteiger partial charge in [-0.15, -0.1) is 0 Å². The monoisotopic (exact) mass is 449 g/mol. The first-order valence-corrected chi connectivity index (χ1v) is 12.8. The smallest absolute Gasteiger partial charge is 0.243 e. The first-order chi connectivity index (χ1) is 14.2. The Morgan fingerprint density at radius 2 is 1.48 bits per heavy atom. The molecule has 6 nitrogen and oxygen atoms in total. The van der Waals surface area contributed by atoms with Crippen molar-refractivity contribution in [2.75, 3.05) is 13.1 Å². The van der Waals surface area contributed by atoms with Crippen molar-refractivity contribution in [3.05, 3.63) is 28.8 Å². The van der Waals surface area contributed by atoms with E-state index in [1.54, 1.807) is 4.31 Å². The van der Waals surface area contributed by atoms with Gasteiger partial charge in [-0.3, -0.25) is 4.79 Å². The third-order valence-electron chi connectivity index (χ3n) is 6.56. The lowest BCUT2D eigenvalue weighted by Gasteiger charge is -2.47. The van der Waals surface area contributed by atoms with E-state index in [9.17, 15) is 13.2 Å². The van der Waals surface area contributed by atoms with Crippen LogP contribution in [0.1, 0.15) is 70.1 Å². The second-order valence-electron chi connectivity index (χ2n) is 10.9. The molecule has 0 spiro atoms. The van der Waals surface area contributed by atoms with Crippen LogP contribution in [0.25, 0.3) is 0 Å². The number of rotatable bonds is 4. The summed E-state index contributed by atoms with van der Waals surface area (Å²) in [7, 11) is -3.55. The van der Waals surface area contributed by atoms with Gasteiger partial charge < -0.3 is 10.6 Å². The summed E-state index contributed by atoms with van der Waals surface area (Å²) in [5, 5.41) is 6.90. The van der Waals surface area contributed by atoms with Gasteiger partial charge in [-0.25, -0.2) is 8.42 Å². The van der Waals surface area contributed by atoms with Gasteiger partial charge in [0, 0.05) is 36.1 Å². The molecule has 0 atom stereocenters. The second-order valence-corrected chi connectivity index (χ2v) is 12.8. The highest BCUT2D eigenvalue weighted by Gasteiger charge is 2.39. The molecule has 2 heterocycles. The normalized spacial score (nSPS) is 22.9. The minimum Gasteiger partial charge on any atom is -0.353 e. The molecule has 0 aliphatic carbocycles. The molecule has 3 rings (SSSR count). The van der Waals surface area contributed by atoms with Gasteiger partial charge in [0.1, 0.15) is 0 Å². The molecule has 0 bridgehead atoms. The van der Waals surface area contributed by atoms with Crippen LogP contribution in [0, 0.1) is 26.7 Å². The van der Waals surface area contributed by atoms with Crippen LogP contribution >= 0.6 is 0 Å². The predicted molar refractivity (Wildman–Crippen MR) is 125 cm³/mol. The zero-order chi connectivity index (χ0) is 23.2. The number of carbonyl (C=O) groups is 1. The Labute approximate surface area is 188 Å². The van der Waals surface area contributed by atoms with E-state index in [1.165, 1.54) is 0 Å². The highest BCUT2D eigenvalue weighted by Crippen LogP contribution is 2.31. The van der Waals surface area contributed by atoms with Crippen molar-refractivity contribution < 1.29 is 13.2 Å². The Morgan fingerprint density at radius 3 is 1.97 bits per heavy atom. The average Bonchev–Trinajstić information content (AvgIpc) is 2.57. The average molecular weight is 450 g/mol. The summed E-state index contributed by atoms with van der Waals surface area (Å²) in [5.41, 5.74) is 2.58. The van der Waals surface area contributed by atoms with Crippen molar-refractivity contribution in [3.63, 3.8) is 0 Å². The predicted octanol–water partition coefficient (Wildman–Crippen LogP) is 3.44. The molecule has 31 heavy (non-hydrogen) atoms. The zero-order valence-corrected chi connectivity index (χ0v) is 20.9. The second kappa shape index (κ2) is 8.49. The fourth-order valence-corrected chi connectivity index (χ4v) is 7.69. The topological polar surface area (TPSA) is 78.5 Å². The van der Waals surface area contributed by atoms with E-state index in [1.807, 2.05) is 32.9 Å². The maximum absolute atomic E-state index is 13.3. The van der Waals surface area contributed by atoms with Gasteiger partial charge in [0.05, 0.1) is 4.90 Å². The van der Waals surface area contributed by atoms with Crippen molar-refractivity contribution in [1.82, 2.24) is 14.9 Å². The van der Waals surface area contributed by atoms with Crippen molar-refractivity contribution in [3.8, 4) is 0 Å². The molecule has 2 aliphatic rings. The molecule has 2 saturated heterocycles. The molecule has 7 heteroatoms. The first kappa shape index (κ1) is 24.2. The number of nitrogens with zero attached hydrogens (tertiary/aromatic N) is 1. The van der Waals surface area contributed by atoms with Crippen LogP contribution in [0.3, 0.4) is 0 Å². The molecule has 2 fully saturated rings. The maximum atomic E-state index is 13.3. The number of piperidine rings is 2. The molecule has 0 aromatic heterocycles. The van der Waals surface area contributed by atoms with Crippen LogP contribution in [0.15, 0.2) is 17.0 Å². The minimum absolute atomic E-state index is 0.0269. The fourth-order valence-electron chi connectivity index (χ4n) is 5.80. The number of sulfonamides is 1. The molecular weight excluding hydrogens is 410 g/mol. The third-order valence-corrected chi connectivity index (χ3v) is 8.77. The van der Waals surface area contributed by atoms with E-state index in [2.05, 4.69) is 38.3 Å². The maximum Gasteiger partial charge on any atom is 0.243 e. The summed E-state index contributed by atoms with van der Waals surface area (Å²) in [6, 6.07) is 3.97. The molecule has 2 aliphatic heterocycles. The Kier molecular flexibility index (Phi) is 6.63. The molecule has 0 unspecified atom stereocenters. The number of hydrogen-bond acceptors (Lipinski definition) is 4. The van der Waals surface area contributed by atoms with Crippen LogP contribution in [0.5, 0.6) is 0 Å². The van der Waals surface area contributed by atoms with Gasteiger partial charge in [-0.05, 0) is 85.3 Å². The lowest BCUT2D eigenvalue weighted by molar-refractivity contribution is -0.127. The summed E-state index contributed by atoms with van der Waals surface area (Å²) in [6.07, 6.45) is 2.91. The van der Waals surface area contributed by atoms with Crippen LogP contribution in [0.4, 0.5) is 0 Å². The molecule has 1 aromatic carbocycles. The van der Waals surface area contributed by atoms with E-state index in [-0.39, 0.29) is 28.9 Å². The van der Waals surface area contributed by atoms with Gasteiger partial charge >= 0.3 is 0 Å². The summed E-state index contributed by atoms with van der Waals surface area (Å²) in [4.78, 5) is 13.4. The van der Waals surface area contributed by atoms with Crippen molar-refractivity contribution >= 4 is 15.9 Å². The number of carbonyl (C=O) groups excluding carboxylic acids is 1. The standard InChI is InChI=1S/C24H39N3O3S/c1-16-12-17(2)21(18(3)13-16)31(29,30)27-10-8-19(9-11-27)22(28)25-20-14-23(4,5)26-24(6,7)15-20/h12-13,19-20,26H,8-11,14-15H2,1-7H3,(H,25,28). The van der Waals surface area contributed by atoms with Gasteiger partial charge in [0.25, 0.3) is 0 Å². The largest absolute Gasteiger partial charge is 0.353 e. The summed E-state index contributed by atoms with van der Waals surface area (Å²) in [5.74, 6) is -0.0639. The van der Waals surface area contributed by atoms with E-state index in [0.29, 0.717) is 30.8 Å². The molecule has 1 aromatic rings. The van der Waals surface area contributed by atoms with Gasteiger partial charge in [0.15, 0.2) is 0 Å². The number of benzene rings is 1. The van der Waals surface area contributed by atoms with E-state index in [4.69, 9.17) is 0 Å². The Bertz CT molecular complexity index is 906. The van der Waals surface area contributed by atoms with Crippen LogP contribution < -0.4 is 10.6 Å². The molecule has 2 N–H and O–H groups in total. The van der Waals surface area contributed by atoms with Crippen LogP contribution in [-0.2, 0) is 14.8 Å². The lowest BCUT2D eigenvalue weighted by Crippen LogP contribution is -2.62. The van der Waals surface area contributed by atoms with Crippen molar-refractivity contribution in [2.24, 2.45) is 5.92 Å². The first-order valence-electron chi connectivity index (χ1n) is 11.4. The summed E-state index contributed by atoms with van der Waals surface area (Å²) < 4.78 is 28.1. The fraction of sp³-hybridized carbons (Fsp3) is 0.708. The molecule has 1 amide bonds. The number of aryl methyl sites for hydroxylation is 3. The summed E-state index contributed by atoms with van der Waals surface area (Å²) in [6.45, 7) is 15.1. The molecule has 0 saturated carbocycles. The van der Waals surface area contributed by atoms with Crippen molar-refractivity contribution in [2.45, 2.75) is 96.2 Å². The summed E-state index contributed by atoms with van der Waals surface area (Å²) >= 11 is 0. The van der Waals surface area contributed by atoms with Gasteiger partial charge in [0.2, 0.25) is 15.9 Å². The third kappa shape index (κ3) is 5.49. The minimum atomic E-state index is -3.55. The quantitative estimate of drug-likeness (QED) is 0.738. The number of amides is 1. The highest BCUT2D eigenvalue weighted by atomic mass is 32.2. The Hall–Kier alpha value is -1.44. The van der Waals surface area contributed by atoms with E-state index in [0.717, 1.165) is 29.5 Å². The zero-order valence-electron chi connectivity index (χ0n) is 20.1. The Morgan fingerprint density at radius 1 is 1.00 bits per heavy atom. The molecule has 174 valence electrons. The van der Waals surface area contributed by atoms with Gasteiger partial charge in [-0.1, -0.05) is 17.7 Å². The van der Waals surface area contributed by atoms with Crippen LogP contribution in [0.2, 0.25) is 0 Å². The molecule has 0 radical (unpaired) electrons. The highest BCUT2D eigenvalue weighted by molar-refractivity contribution is 7.89. The van der Waals surface area contributed by atoms with E-state index < -0.39 is 10.0 Å². The molecular formula is C24H39N3O3S. The lowest BCUT2D eigenvalue weighted by atomic mass is 9.79. The number of hydrogen-bond donors (Lipinski definition) is 2.